The highest BCUT2D eigenvalue weighted by atomic mass is 32.2. The molecule has 1 aliphatic carbocycles. The first kappa shape index (κ1) is 15.1. The fourth-order valence-corrected chi connectivity index (χ4v) is 4.90. The smallest absolute Gasteiger partial charge is 0.249 e. The molecule has 0 radical (unpaired) electrons. The van der Waals surface area contributed by atoms with Gasteiger partial charge in [0.05, 0.1) is 5.75 Å². The zero-order valence-corrected chi connectivity index (χ0v) is 13.5. The average molecular weight is 320 g/mol. The highest BCUT2D eigenvalue weighted by Crippen LogP contribution is 2.28. The molecule has 1 saturated carbocycles. The third kappa shape index (κ3) is 2.90. The SMILES string of the molecule is CCn1c(-c2ccncc2)nnc1S(=O)(=O)CC1CCCC1. The van der Waals surface area contributed by atoms with Gasteiger partial charge in [-0.05, 0) is 37.8 Å². The minimum Gasteiger partial charge on any atom is -0.298 e. The Morgan fingerprint density at radius 2 is 1.86 bits per heavy atom. The van der Waals surface area contributed by atoms with Crippen LogP contribution < -0.4 is 0 Å². The van der Waals surface area contributed by atoms with E-state index in [2.05, 4.69) is 15.2 Å². The molecule has 0 amide bonds. The van der Waals surface area contributed by atoms with Crippen LogP contribution in [0.25, 0.3) is 11.4 Å². The molecule has 0 atom stereocenters. The van der Waals surface area contributed by atoms with Crippen LogP contribution >= 0.6 is 0 Å². The molecule has 2 aromatic heterocycles. The van der Waals surface area contributed by atoms with Gasteiger partial charge in [0.25, 0.3) is 0 Å². The van der Waals surface area contributed by atoms with Gasteiger partial charge in [0.15, 0.2) is 5.82 Å². The number of hydrogen-bond acceptors (Lipinski definition) is 5. The summed E-state index contributed by atoms with van der Waals surface area (Å²) in [6.45, 7) is 2.42. The summed E-state index contributed by atoms with van der Waals surface area (Å²) in [4.78, 5) is 3.97. The summed E-state index contributed by atoms with van der Waals surface area (Å²) in [5.74, 6) is 1.02. The van der Waals surface area contributed by atoms with E-state index in [4.69, 9.17) is 0 Å². The number of sulfone groups is 1. The van der Waals surface area contributed by atoms with Gasteiger partial charge in [-0.2, -0.15) is 0 Å². The molecule has 6 nitrogen and oxygen atoms in total. The molecule has 0 saturated heterocycles. The van der Waals surface area contributed by atoms with Gasteiger partial charge in [0, 0.05) is 24.5 Å². The highest BCUT2D eigenvalue weighted by Gasteiger charge is 2.29. The van der Waals surface area contributed by atoms with Gasteiger partial charge in [-0.25, -0.2) is 8.42 Å². The molecule has 0 spiro atoms. The quantitative estimate of drug-likeness (QED) is 0.845. The largest absolute Gasteiger partial charge is 0.298 e. The third-order valence-electron chi connectivity index (χ3n) is 4.18. The summed E-state index contributed by atoms with van der Waals surface area (Å²) in [6, 6.07) is 3.62. The molecule has 0 aromatic carbocycles. The molecule has 118 valence electrons. The Kier molecular flexibility index (Phi) is 4.24. The number of aromatic nitrogens is 4. The molecular weight excluding hydrogens is 300 g/mol. The maximum absolute atomic E-state index is 12.7. The summed E-state index contributed by atoms with van der Waals surface area (Å²) in [5, 5.41) is 8.18. The fraction of sp³-hybridized carbons (Fsp3) is 0.533. The van der Waals surface area contributed by atoms with E-state index in [-0.39, 0.29) is 16.8 Å². The van der Waals surface area contributed by atoms with Gasteiger partial charge in [-0.1, -0.05) is 12.8 Å². The molecule has 0 bridgehead atoms. The van der Waals surface area contributed by atoms with Crippen molar-refractivity contribution in [2.24, 2.45) is 5.92 Å². The molecule has 7 heteroatoms. The van der Waals surface area contributed by atoms with Crippen LogP contribution in [0, 0.1) is 5.92 Å². The van der Waals surface area contributed by atoms with Crippen molar-refractivity contribution in [1.82, 2.24) is 19.7 Å². The van der Waals surface area contributed by atoms with Crippen molar-refractivity contribution in [2.45, 2.75) is 44.3 Å². The summed E-state index contributed by atoms with van der Waals surface area (Å²) in [5.41, 5.74) is 0.826. The lowest BCUT2D eigenvalue weighted by Gasteiger charge is -2.11. The van der Waals surface area contributed by atoms with Crippen LogP contribution in [0.2, 0.25) is 0 Å². The van der Waals surface area contributed by atoms with Gasteiger partial charge in [0.2, 0.25) is 15.0 Å². The molecule has 0 aliphatic heterocycles. The molecule has 0 N–H and O–H groups in total. The van der Waals surface area contributed by atoms with E-state index in [1.165, 1.54) is 0 Å². The molecule has 2 aromatic rings. The van der Waals surface area contributed by atoms with Crippen molar-refractivity contribution in [1.29, 1.82) is 0 Å². The molecule has 22 heavy (non-hydrogen) atoms. The minimum absolute atomic E-state index is 0.0914. The topological polar surface area (TPSA) is 77.7 Å². The summed E-state index contributed by atoms with van der Waals surface area (Å²) in [7, 11) is -3.40. The standard InChI is InChI=1S/C15H20N4O2S/c1-2-19-14(13-7-9-16-10-8-13)17-18-15(19)22(20,21)11-12-5-3-4-6-12/h7-10,12H,2-6,11H2,1H3. The van der Waals surface area contributed by atoms with Gasteiger partial charge in [-0.3, -0.25) is 9.55 Å². The molecule has 1 fully saturated rings. The molecule has 2 heterocycles. The van der Waals surface area contributed by atoms with Gasteiger partial charge < -0.3 is 0 Å². The van der Waals surface area contributed by atoms with Crippen LogP contribution in [0.4, 0.5) is 0 Å². The van der Waals surface area contributed by atoms with E-state index in [1.54, 1.807) is 17.0 Å². The Morgan fingerprint density at radius 1 is 1.18 bits per heavy atom. The van der Waals surface area contributed by atoms with Crippen LogP contribution in [-0.4, -0.2) is 33.9 Å². The molecular formula is C15H20N4O2S. The van der Waals surface area contributed by atoms with Crippen LogP contribution in [-0.2, 0) is 16.4 Å². The number of pyridine rings is 1. The van der Waals surface area contributed by atoms with Gasteiger partial charge in [-0.15, -0.1) is 10.2 Å². The number of nitrogens with zero attached hydrogens (tertiary/aromatic N) is 4. The maximum atomic E-state index is 12.7. The lowest BCUT2D eigenvalue weighted by Crippen LogP contribution is -2.18. The second-order valence-electron chi connectivity index (χ2n) is 5.72. The lowest BCUT2D eigenvalue weighted by molar-refractivity contribution is 0.540. The van der Waals surface area contributed by atoms with E-state index >= 15 is 0 Å². The van der Waals surface area contributed by atoms with Crippen molar-refractivity contribution in [2.75, 3.05) is 5.75 Å². The molecule has 1 aliphatic rings. The van der Waals surface area contributed by atoms with Crippen LogP contribution in [0.5, 0.6) is 0 Å². The van der Waals surface area contributed by atoms with Crippen molar-refractivity contribution in [3.05, 3.63) is 24.5 Å². The molecule has 3 rings (SSSR count). The van der Waals surface area contributed by atoms with Gasteiger partial charge >= 0.3 is 0 Å². The predicted molar refractivity (Wildman–Crippen MR) is 82.9 cm³/mol. The Morgan fingerprint density at radius 3 is 2.50 bits per heavy atom. The Bertz CT molecular complexity index is 734. The Hall–Kier alpha value is -1.76. The van der Waals surface area contributed by atoms with Crippen LogP contribution in [0.1, 0.15) is 32.6 Å². The summed E-state index contributed by atoms with van der Waals surface area (Å²) < 4.78 is 27.0. The van der Waals surface area contributed by atoms with Gasteiger partial charge in [0.1, 0.15) is 0 Å². The number of hydrogen-bond donors (Lipinski definition) is 0. The van der Waals surface area contributed by atoms with E-state index in [0.717, 1.165) is 31.2 Å². The third-order valence-corrected chi connectivity index (χ3v) is 5.95. The van der Waals surface area contributed by atoms with E-state index in [0.29, 0.717) is 12.4 Å². The fourth-order valence-electron chi connectivity index (χ4n) is 3.08. The maximum Gasteiger partial charge on any atom is 0.249 e. The van der Waals surface area contributed by atoms with Crippen molar-refractivity contribution in [3.63, 3.8) is 0 Å². The summed E-state index contributed by atoms with van der Waals surface area (Å²) in [6.07, 6.45) is 7.58. The second kappa shape index (κ2) is 6.16. The van der Waals surface area contributed by atoms with Crippen molar-refractivity contribution in [3.8, 4) is 11.4 Å². The predicted octanol–water partition coefficient (Wildman–Crippen LogP) is 2.32. The minimum atomic E-state index is -3.40. The second-order valence-corrected chi connectivity index (χ2v) is 7.65. The van der Waals surface area contributed by atoms with E-state index < -0.39 is 9.84 Å². The zero-order chi connectivity index (χ0) is 15.6. The van der Waals surface area contributed by atoms with Crippen molar-refractivity contribution >= 4 is 9.84 Å². The van der Waals surface area contributed by atoms with Crippen LogP contribution in [0.15, 0.2) is 29.7 Å². The van der Waals surface area contributed by atoms with E-state index in [1.807, 2.05) is 19.1 Å². The van der Waals surface area contributed by atoms with Crippen molar-refractivity contribution < 1.29 is 8.42 Å². The van der Waals surface area contributed by atoms with Crippen LogP contribution in [0.3, 0.4) is 0 Å². The number of rotatable bonds is 5. The first-order valence-electron chi connectivity index (χ1n) is 7.68. The summed E-state index contributed by atoms with van der Waals surface area (Å²) >= 11 is 0. The van der Waals surface area contributed by atoms with E-state index in [9.17, 15) is 8.42 Å². The Balaban J connectivity index is 1.95. The highest BCUT2D eigenvalue weighted by molar-refractivity contribution is 7.91. The normalized spacial score (nSPS) is 16.2. The first-order chi connectivity index (χ1) is 10.6. The first-order valence-corrected chi connectivity index (χ1v) is 9.33. The Labute approximate surface area is 130 Å². The monoisotopic (exact) mass is 320 g/mol. The average Bonchev–Trinajstić information content (AvgIpc) is 3.16. The lowest BCUT2D eigenvalue weighted by atomic mass is 10.1. The zero-order valence-electron chi connectivity index (χ0n) is 12.6. The molecule has 0 unspecified atom stereocenters.